The van der Waals surface area contributed by atoms with Crippen molar-refractivity contribution in [3.05, 3.63) is 51.9 Å². The number of hydrogen-bond donors (Lipinski definition) is 2. The van der Waals surface area contributed by atoms with E-state index in [9.17, 15) is 19.2 Å². The number of esters is 1. The molecule has 2 rings (SSSR count). The minimum Gasteiger partial charge on any atom is -0.453 e. The van der Waals surface area contributed by atoms with Crippen LogP contribution in [0.1, 0.15) is 51.6 Å². The number of amides is 2. The fourth-order valence-corrected chi connectivity index (χ4v) is 3.31. The molecule has 2 aromatic rings. The Morgan fingerprint density at radius 3 is 2.50 bits per heavy atom. The first kappa shape index (κ1) is 21.3. The van der Waals surface area contributed by atoms with Gasteiger partial charge < -0.3 is 15.8 Å². The number of ketones is 1. The third-order valence-corrected chi connectivity index (χ3v) is 4.92. The van der Waals surface area contributed by atoms with Crippen LogP contribution in [0.25, 0.3) is 0 Å². The fraction of sp³-hybridized carbons (Fsp3) is 0.300. The molecule has 0 radical (unpaired) electrons. The van der Waals surface area contributed by atoms with Gasteiger partial charge in [0.15, 0.2) is 11.9 Å². The first-order valence-corrected chi connectivity index (χ1v) is 9.55. The number of anilines is 1. The van der Waals surface area contributed by atoms with Crippen LogP contribution in [0.2, 0.25) is 0 Å². The molecule has 148 valence electrons. The molecular formula is C20H22N2O5S. The Labute approximate surface area is 166 Å². The molecule has 1 heterocycles. The Morgan fingerprint density at radius 1 is 1.11 bits per heavy atom. The van der Waals surface area contributed by atoms with Crippen LogP contribution in [-0.4, -0.2) is 29.7 Å². The molecule has 0 spiro atoms. The first-order chi connectivity index (χ1) is 13.2. The van der Waals surface area contributed by atoms with E-state index in [4.69, 9.17) is 10.5 Å². The second-order valence-electron chi connectivity index (χ2n) is 6.39. The monoisotopic (exact) mass is 402 g/mol. The molecule has 0 bridgehead atoms. The number of carbonyl (C=O) groups is 4. The van der Waals surface area contributed by atoms with Crippen LogP contribution in [0.3, 0.4) is 0 Å². The second kappa shape index (κ2) is 9.27. The van der Waals surface area contributed by atoms with Crippen molar-refractivity contribution in [2.45, 2.75) is 39.7 Å². The number of aryl methyl sites for hydroxylation is 2. The number of ether oxygens (including phenoxy) is 1. The average molecular weight is 402 g/mol. The van der Waals surface area contributed by atoms with Gasteiger partial charge in [-0.25, -0.2) is 0 Å². The highest BCUT2D eigenvalue weighted by atomic mass is 32.1. The van der Waals surface area contributed by atoms with E-state index in [1.807, 2.05) is 26.0 Å². The van der Waals surface area contributed by atoms with Crippen LogP contribution < -0.4 is 11.1 Å². The zero-order valence-corrected chi connectivity index (χ0v) is 16.7. The number of nitrogens with two attached hydrogens (primary N) is 1. The van der Waals surface area contributed by atoms with Crippen molar-refractivity contribution in [2.24, 2.45) is 5.73 Å². The third-order valence-electron chi connectivity index (χ3n) is 4.09. The Morgan fingerprint density at radius 2 is 1.82 bits per heavy atom. The average Bonchev–Trinajstić information content (AvgIpc) is 3.10. The van der Waals surface area contributed by atoms with Gasteiger partial charge in [0.25, 0.3) is 11.8 Å². The summed E-state index contributed by atoms with van der Waals surface area (Å²) < 4.78 is 5.09. The lowest BCUT2D eigenvalue weighted by Crippen LogP contribution is -2.30. The number of thiophene rings is 1. The van der Waals surface area contributed by atoms with Gasteiger partial charge in [-0.1, -0.05) is 17.7 Å². The molecule has 0 aliphatic carbocycles. The highest BCUT2D eigenvalue weighted by Gasteiger charge is 2.21. The van der Waals surface area contributed by atoms with E-state index in [0.717, 1.165) is 22.5 Å². The summed E-state index contributed by atoms with van der Waals surface area (Å²) >= 11 is 1.14. The molecular weight excluding hydrogens is 380 g/mol. The molecule has 0 aliphatic rings. The van der Waals surface area contributed by atoms with E-state index in [2.05, 4.69) is 5.32 Å². The van der Waals surface area contributed by atoms with Crippen molar-refractivity contribution in [3.63, 3.8) is 0 Å². The molecule has 8 heteroatoms. The largest absolute Gasteiger partial charge is 0.453 e. The lowest BCUT2D eigenvalue weighted by Gasteiger charge is -2.13. The van der Waals surface area contributed by atoms with Gasteiger partial charge in [-0.3, -0.25) is 19.2 Å². The summed E-state index contributed by atoms with van der Waals surface area (Å²) in [6.45, 7) is 5.14. The summed E-state index contributed by atoms with van der Waals surface area (Å²) in [6.07, 6.45) is -1.21. The van der Waals surface area contributed by atoms with Crippen LogP contribution in [0.15, 0.2) is 29.6 Å². The van der Waals surface area contributed by atoms with Crippen LogP contribution >= 0.6 is 11.3 Å². The maximum atomic E-state index is 12.3. The molecule has 0 fully saturated rings. The van der Waals surface area contributed by atoms with Crippen molar-refractivity contribution in [2.75, 3.05) is 5.32 Å². The Balaban J connectivity index is 1.87. The Bertz CT molecular complexity index is 919. The van der Waals surface area contributed by atoms with Crippen molar-refractivity contribution >= 4 is 39.9 Å². The number of benzene rings is 1. The van der Waals surface area contributed by atoms with Crippen LogP contribution in [0, 0.1) is 13.8 Å². The molecule has 1 aromatic carbocycles. The lowest BCUT2D eigenvalue weighted by atomic mass is 9.99. The predicted octanol–water partition coefficient (Wildman–Crippen LogP) is 3.00. The Hall–Kier alpha value is -3.00. The molecule has 3 N–H and O–H groups in total. The second-order valence-corrected chi connectivity index (χ2v) is 7.31. The van der Waals surface area contributed by atoms with Gasteiger partial charge in [0, 0.05) is 12.0 Å². The maximum Gasteiger partial charge on any atom is 0.307 e. The maximum absolute atomic E-state index is 12.3. The normalized spacial score (nSPS) is 11.5. The minimum absolute atomic E-state index is 0.00574. The van der Waals surface area contributed by atoms with Gasteiger partial charge in [0.05, 0.1) is 12.0 Å². The number of hydrogen-bond acceptors (Lipinski definition) is 6. The lowest BCUT2D eigenvalue weighted by molar-refractivity contribution is -0.153. The number of carbonyl (C=O) groups excluding carboxylic acids is 4. The van der Waals surface area contributed by atoms with Crippen LogP contribution in [0.4, 0.5) is 5.00 Å². The molecule has 1 atom stereocenters. The highest BCUT2D eigenvalue weighted by molar-refractivity contribution is 7.14. The molecule has 2 amide bonds. The fourth-order valence-electron chi connectivity index (χ4n) is 2.51. The number of Topliss-reactive ketones (excluding diaryl/α,β-unsaturated/α-hetero) is 1. The standard InChI is InChI=1S/C20H22N2O5S/c1-11-4-5-12(2)15(10-11)16(23)6-7-17(24)27-13(3)19(26)22-20-14(18(21)25)8-9-28-20/h4-5,8-10,13H,6-7H2,1-3H3,(H2,21,25)(H,22,26)/t13-/m0/s1. The van der Waals surface area contributed by atoms with Crippen molar-refractivity contribution in [1.29, 1.82) is 0 Å². The van der Waals surface area contributed by atoms with Gasteiger partial charge in [-0.2, -0.15) is 0 Å². The Kier molecular flexibility index (Phi) is 7.06. The molecule has 0 aliphatic heterocycles. The quantitative estimate of drug-likeness (QED) is 0.520. The first-order valence-electron chi connectivity index (χ1n) is 8.67. The van der Waals surface area contributed by atoms with Gasteiger partial charge in [0.2, 0.25) is 0 Å². The van der Waals surface area contributed by atoms with Crippen molar-refractivity contribution in [1.82, 2.24) is 0 Å². The summed E-state index contributed by atoms with van der Waals surface area (Å²) in [7, 11) is 0. The molecule has 7 nitrogen and oxygen atoms in total. The summed E-state index contributed by atoms with van der Waals surface area (Å²) in [5.74, 6) is -2.05. The van der Waals surface area contributed by atoms with E-state index in [0.29, 0.717) is 10.6 Å². The zero-order valence-electron chi connectivity index (χ0n) is 15.9. The number of nitrogens with one attached hydrogen (secondary N) is 1. The van der Waals surface area contributed by atoms with Crippen molar-refractivity contribution in [3.8, 4) is 0 Å². The summed E-state index contributed by atoms with van der Waals surface area (Å²) in [5.41, 5.74) is 7.81. The predicted molar refractivity (Wildman–Crippen MR) is 107 cm³/mol. The van der Waals surface area contributed by atoms with E-state index in [1.165, 1.54) is 13.0 Å². The molecule has 0 saturated carbocycles. The van der Waals surface area contributed by atoms with Gasteiger partial charge >= 0.3 is 5.97 Å². The summed E-state index contributed by atoms with van der Waals surface area (Å²) in [6, 6.07) is 7.06. The van der Waals surface area contributed by atoms with Gasteiger partial charge in [-0.05, 0) is 43.8 Å². The topological polar surface area (TPSA) is 116 Å². The summed E-state index contributed by atoms with van der Waals surface area (Å²) in [4.78, 5) is 47.8. The molecule has 1 aromatic heterocycles. The zero-order chi connectivity index (χ0) is 20.8. The number of primary amides is 1. The van der Waals surface area contributed by atoms with Crippen LogP contribution in [0.5, 0.6) is 0 Å². The van der Waals surface area contributed by atoms with E-state index in [-0.39, 0.29) is 24.2 Å². The van der Waals surface area contributed by atoms with E-state index < -0.39 is 23.9 Å². The molecule has 0 saturated heterocycles. The van der Waals surface area contributed by atoms with Gasteiger partial charge in [0.1, 0.15) is 5.00 Å². The third kappa shape index (κ3) is 5.50. The van der Waals surface area contributed by atoms with Gasteiger partial charge in [-0.15, -0.1) is 11.3 Å². The molecule has 0 unspecified atom stereocenters. The van der Waals surface area contributed by atoms with Crippen molar-refractivity contribution < 1.29 is 23.9 Å². The molecule has 28 heavy (non-hydrogen) atoms. The highest BCUT2D eigenvalue weighted by Crippen LogP contribution is 2.23. The van der Waals surface area contributed by atoms with E-state index >= 15 is 0 Å². The minimum atomic E-state index is -1.08. The van der Waals surface area contributed by atoms with E-state index in [1.54, 1.807) is 11.4 Å². The van der Waals surface area contributed by atoms with Crippen LogP contribution in [-0.2, 0) is 14.3 Å². The number of rotatable bonds is 8. The smallest absolute Gasteiger partial charge is 0.307 e. The summed E-state index contributed by atoms with van der Waals surface area (Å²) in [5, 5.41) is 4.43. The SMILES string of the molecule is Cc1ccc(C)c(C(=O)CCC(=O)O[C@@H](C)C(=O)Nc2sccc2C(N)=O)c1.